The minimum atomic E-state index is -0.798. The number of carbonyl (C=O) groups excluding carboxylic acids is 1. The lowest BCUT2D eigenvalue weighted by atomic mass is 10.1. The fourth-order valence-corrected chi connectivity index (χ4v) is 2.26. The molecule has 0 radical (unpaired) electrons. The molecule has 1 rings (SSSR count). The van der Waals surface area contributed by atoms with Gasteiger partial charge in [0.1, 0.15) is 6.04 Å². The number of hydrogen-bond acceptors (Lipinski definition) is 4. The predicted octanol–water partition coefficient (Wildman–Crippen LogP) is 0.600. The number of amides is 1. The van der Waals surface area contributed by atoms with E-state index in [9.17, 15) is 14.7 Å². The summed E-state index contributed by atoms with van der Waals surface area (Å²) in [7, 11) is 0. The monoisotopic (exact) mass is 286 g/mol. The molecule has 1 amide bonds. The van der Waals surface area contributed by atoms with Gasteiger partial charge in [0.25, 0.3) is 0 Å². The molecule has 0 saturated carbocycles. The van der Waals surface area contributed by atoms with Crippen molar-refractivity contribution in [3.8, 4) is 0 Å². The number of carboxylic acids is 1. The Morgan fingerprint density at radius 1 is 1.55 bits per heavy atom. The van der Waals surface area contributed by atoms with E-state index >= 15 is 0 Å². The van der Waals surface area contributed by atoms with Gasteiger partial charge in [-0.15, -0.1) is 6.58 Å². The van der Waals surface area contributed by atoms with E-state index in [0.29, 0.717) is 19.5 Å². The second-order valence-corrected chi connectivity index (χ2v) is 5.09. The molecule has 1 fully saturated rings. The van der Waals surface area contributed by atoms with Crippen LogP contribution < -0.4 is 5.73 Å². The molecule has 1 aliphatic heterocycles. The number of β-amino-alcohol motifs (C(OH)–C–C–N with tert-alkyl or cyclic N) is 1. The minimum absolute atomic E-state index is 0.231. The zero-order valence-corrected chi connectivity index (χ0v) is 12.3. The summed E-state index contributed by atoms with van der Waals surface area (Å²) in [5.41, 5.74) is 4.47. The van der Waals surface area contributed by atoms with Crippen LogP contribution in [0.5, 0.6) is 0 Å². The summed E-state index contributed by atoms with van der Waals surface area (Å²) in [6, 6.07) is -0.463. The van der Waals surface area contributed by atoms with E-state index in [1.807, 2.05) is 17.9 Å². The van der Waals surface area contributed by atoms with Crippen LogP contribution in [-0.2, 0) is 9.59 Å². The largest absolute Gasteiger partial charge is 0.480 e. The summed E-state index contributed by atoms with van der Waals surface area (Å²) in [4.78, 5) is 22.1. The standard InChI is InChI=1S/C12H21NO3.C2H5NO/c1-3-5-10(14)8-13-7-9(4-2)6-11(13)12(15)16;1-2(3)4/h4,9-11,14H,2-3,5-8H2,1H3,(H,15,16);1H3,(H2,3,4)/t9-,10?,11-;/m1./s1. The maximum absolute atomic E-state index is 11.1. The molecule has 3 atom stereocenters. The summed E-state index contributed by atoms with van der Waals surface area (Å²) in [5.74, 6) is -0.900. The topological polar surface area (TPSA) is 104 Å². The number of likely N-dealkylation sites (tertiary alicyclic amines) is 1. The Labute approximate surface area is 120 Å². The van der Waals surface area contributed by atoms with E-state index < -0.39 is 18.1 Å². The van der Waals surface area contributed by atoms with Crippen molar-refractivity contribution in [2.45, 2.75) is 45.3 Å². The lowest BCUT2D eigenvalue weighted by Crippen LogP contribution is -2.40. The first-order chi connectivity index (χ1) is 9.31. The van der Waals surface area contributed by atoms with Crippen molar-refractivity contribution in [3.63, 3.8) is 0 Å². The average molecular weight is 286 g/mol. The number of hydrogen-bond donors (Lipinski definition) is 3. The normalized spacial score (nSPS) is 23.6. The van der Waals surface area contributed by atoms with Crippen LogP contribution in [0.1, 0.15) is 33.1 Å². The molecule has 0 aromatic carbocycles. The number of nitrogens with two attached hydrogens (primary N) is 1. The van der Waals surface area contributed by atoms with Crippen LogP contribution in [0.3, 0.4) is 0 Å². The van der Waals surface area contributed by atoms with Crippen LogP contribution in [0.15, 0.2) is 12.7 Å². The maximum Gasteiger partial charge on any atom is 0.320 e. The first-order valence-corrected chi connectivity index (χ1v) is 6.85. The van der Waals surface area contributed by atoms with Gasteiger partial charge in [0.05, 0.1) is 6.10 Å². The van der Waals surface area contributed by atoms with Crippen molar-refractivity contribution in [1.82, 2.24) is 4.90 Å². The quantitative estimate of drug-likeness (QED) is 0.620. The molecule has 1 saturated heterocycles. The number of aliphatic hydroxyl groups is 1. The van der Waals surface area contributed by atoms with E-state index in [1.54, 1.807) is 0 Å². The van der Waals surface area contributed by atoms with Crippen molar-refractivity contribution in [3.05, 3.63) is 12.7 Å². The number of aliphatic hydroxyl groups excluding tert-OH is 1. The van der Waals surface area contributed by atoms with Gasteiger partial charge in [-0.2, -0.15) is 0 Å². The molecule has 0 spiro atoms. The van der Waals surface area contributed by atoms with E-state index in [4.69, 9.17) is 5.11 Å². The van der Waals surface area contributed by atoms with Crippen molar-refractivity contribution < 1.29 is 19.8 Å². The molecule has 4 N–H and O–H groups in total. The average Bonchev–Trinajstić information content (AvgIpc) is 2.71. The fourth-order valence-electron chi connectivity index (χ4n) is 2.26. The first-order valence-electron chi connectivity index (χ1n) is 6.85. The summed E-state index contributed by atoms with van der Waals surface area (Å²) >= 11 is 0. The van der Waals surface area contributed by atoms with Gasteiger partial charge in [0.15, 0.2) is 0 Å². The van der Waals surface area contributed by atoms with E-state index in [-0.39, 0.29) is 11.8 Å². The third kappa shape index (κ3) is 7.25. The molecule has 0 aliphatic carbocycles. The minimum Gasteiger partial charge on any atom is -0.480 e. The first kappa shape index (κ1) is 18.6. The molecular formula is C14H26N2O4. The number of rotatable bonds is 6. The van der Waals surface area contributed by atoms with Crippen molar-refractivity contribution in [2.75, 3.05) is 13.1 Å². The molecule has 0 aromatic rings. The molecule has 1 heterocycles. The lowest BCUT2D eigenvalue weighted by Gasteiger charge is -2.23. The smallest absolute Gasteiger partial charge is 0.320 e. The van der Waals surface area contributed by atoms with Gasteiger partial charge in [-0.1, -0.05) is 19.4 Å². The van der Waals surface area contributed by atoms with Gasteiger partial charge in [-0.25, -0.2) is 0 Å². The zero-order valence-electron chi connectivity index (χ0n) is 12.3. The van der Waals surface area contributed by atoms with Crippen LogP contribution in [-0.4, -0.2) is 52.2 Å². The van der Waals surface area contributed by atoms with Gasteiger partial charge in [-0.3, -0.25) is 14.5 Å². The SMILES string of the molecule is C=C[C@@H]1C[C@H](C(=O)O)N(CC(O)CCC)C1.CC(N)=O. The van der Waals surface area contributed by atoms with Gasteiger partial charge in [0.2, 0.25) is 5.91 Å². The summed E-state index contributed by atoms with van der Waals surface area (Å²) < 4.78 is 0. The Bertz CT molecular complexity index is 329. The number of nitrogens with zero attached hydrogens (tertiary/aromatic N) is 1. The molecule has 116 valence electrons. The highest BCUT2D eigenvalue weighted by molar-refractivity contribution is 5.74. The van der Waals surface area contributed by atoms with Gasteiger partial charge in [-0.05, 0) is 18.8 Å². The summed E-state index contributed by atoms with van der Waals surface area (Å²) in [6.45, 7) is 8.17. The molecule has 1 unspecified atom stereocenters. The number of aliphatic carboxylic acids is 1. The molecule has 20 heavy (non-hydrogen) atoms. The zero-order chi connectivity index (χ0) is 15.7. The van der Waals surface area contributed by atoms with Crippen molar-refractivity contribution >= 4 is 11.9 Å². The third-order valence-electron chi connectivity index (χ3n) is 3.12. The van der Waals surface area contributed by atoms with E-state index in [2.05, 4.69) is 12.3 Å². The Kier molecular flexibility index (Phi) is 8.83. The Hall–Kier alpha value is -1.40. The highest BCUT2D eigenvalue weighted by atomic mass is 16.4. The molecule has 0 bridgehead atoms. The van der Waals surface area contributed by atoms with E-state index in [0.717, 1.165) is 12.8 Å². The summed E-state index contributed by atoms with van der Waals surface area (Å²) in [6.07, 6.45) is 3.63. The second kappa shape index (κ2) is 9.50. The third-order valence-corrected chi connectivity index (χ3v) is 3.12. The maximum atomic E-state index is 11.1. The lowest BCUT2D eigenvalue weighted by molar-refractivity contribution is -0.142. The highest BCUT2D eigenvalue weighted by Gasteiger charge is 2.35. The Balaban J connectivity index is 0.000000796. The number of primary amides is 1. The molecule has 6 heteroatoms. The van der Waals surface area contributed by atoms with Crippen molar-refractivity contribution in [2.24, 2.45) is 11.7 Å². The van der Waals surface area contributed by atoms with Crippen LogP contribution in [0, 0.1) is 5.92 Å². The predicted molar refractivity (Wildman–Crippen MR) is 77.1 cm³/mol. The molecule has 6 nitrogen and oxygen atoms in total. The van der Waals surface area contributed by atoms with Crippen LogP contribution in [0.2, 0.25) is 0 Å². The van der Waals surface area contributed by atoms with E-state index in [1.165, 1.54) is 6.92 Å². The van der Waals surface area contributed by atoms with Crippen LogP contribution in [0.25, 0.3) is 0 Å². The molecular weight excluding hydrogens is 260 g/mol. The number of carboxylic acid groups (broad SMARTS) is 1. The molecule has 0 aromatic heterocycles. The van der Waals surface area contributed by atoms with Gasteiger partial charge >= 0.3 is 5.97 Å². The Morgan fingerprint density at radius 3 is 2.50 bits per heavy atom. The van der Waals surface area contributed by atoms with Crippen LogP contribution in [0.4, 0.5) is 0 Å². The molecule has 1 aliphatic rings. The van der Waals surface area contributed by atoms with Gasteiger partial charge < -0.3 is 15.9 Å². The highest BCUT2D eigenvalue weighted by Crippen LogP contribution is 2.24. The second-order valence-electron chi connectivity index (χ2n) is 5.09. The Morgan fingerprint density at radius 2 is 2.10 bits per heavy atom. The van der Waals surface area contributed by atoms with Gasteiger partial charge in [0, 0.05) is 20.0 Å². The van der Waals surface area contributed by atoms with Crippen molar-refractivity contribution in [1.29, 1.82) is 0 Å². The summed E-state index contributed by atoms with van der Waals surface area (Å²) in [5, 5.41) is 18.8. The van der Waals surface area contributed by atoms with Crippen LogP contribution >= 0.6 is 0 Å². The number of carbonyl (C=O) groups is 2. The fraction of sp³-hybridized carbons (Fsp3) is 0.714.